The predicted octanol–water partition coefficient (Wildman–Crippen LogP) is 6.66. The molecule has 4 rings (SSSR count). The van der Waals surface area contributed by atoms with Gasteiger partial charge in [0.15, 0.2) is 0 Å². The average Bonchev–Trinajstić information content (AvgIpc) is 3.17. The van der Waals surface area contributed by atoms with E-state index in [0.29, 0.717) is 23.8 Å². The smallest absolute Gasteiger partial charge is 0.119 e. The van der Waals surface area contributed by atoms with E-state index in [1.54, 1.807) is 11.8 Å². The van der Waals surface area contributed by atoms with Crippen molar-refractivity contribution in [2.24, 2.45) is 11.8 Å². The maximum absolute atomic E-state index is 6.01. The van der Waals surface area contributed by atoms with Crippen molar-refractivity contribution in [1.82, 2.24) is 0 Å². The molecule has 2 aromatic carbocycles. The van der Waals surface area contributed by atoms with Crippen molar-refractivity contribution in [2.45, 2.75) is 43.5 Å². The minimum absolute atomic E-state index is 0.362. The van der Waals surface area contributed by atoms with Crippen LogP contribution >= 0.6 is 11.8 Å². The number of fused-ring (bicyclic) bond motifs is 3. The molecule has 2 aliphatic rings. The fraction of sp³-hybridized carbons (Fsp3) is 0.417. The monoisotopic (exact) mass is 379 g/mol. The molecule has 1 aliphatic carbocycles. The van der Waals surface area contributed by atoms with Crippen LogP contribution in [0.5, 0.6) is 5.75 Å². The summed E-state index contributed by atoms with van der Waals surface area (Å²) in [7, 11) is 0. The molecule has 0 spiro atoms. The summed E-state index contributed by atoms with van der Waals surface area (Å²) in [4.78, 5) is 1.32. The second-order valence-electron chi connectivity index (χ2n) is 8.03. The summed E-state index contributed by atoms with van der Waals surface area (Å²) in [5, 5.41) is 3.82. The van der Waals surface area contributed by atoms with E-state index in [1.807, 2.05) is 0 Å². The third kappa shape index (κ3) is 3.89. The second kappa shape index (κ2) is 8.02. The molecule has 0 bridgehead atoms. The molecule has 27 heavy (non-hydrogen) atoms. The van der Waals surface area contributed by atoms with E-state index in [1.165, 1.54) is 21.7 Å². The van der Waals surface area contributed by atoms with Gasteiger partial charge in [-0.3, -0.25) is 0 Å². The Morgan fingerprint density at radius 3 is 2.70 bits per heavy atom. The maximum atomic E-state index is 6.01. The summed E-state index contributed by atoms with van der Waals surface area (Å²) in [6.07, 6.45) is 9.09. The summed E-state index contributed by atoms with van der Waals surface area (Å²) in [6, 6.07) is 16.0. The van der Waals surface area contributed by atoms with Crippen LogP contribution < -0.4 is 10.1 Å². The number of hydrogen-bond donors (Lipinski definition) is 1. The zero-order valence-corrected chi connectivity index (χ0v) is 17.3. The van der Waals surface area contributed by atoms with Crippen molar-refractivity contribution >= 4 is 17.4 Å². The fourth-order valence-corrected chi connectivity index (χ4v) is 4.62. The van der Waals surface area contributed by atoms with Crippen LogP contribution in [0.2, 0.25) is 0 Å². The largest absolute Gasteiger partial charge is 0.494 e. The molecule has 1 N–H and O–H groups in total. The summed E-state index contributed by atoms with van der Waals surface area (Å²) < 4.78 is 6.01. The zero-order chi connectivity index (χ0) is 18.8. The average molecular weight is 380 g/mol. The molecule has 3 heteroatoms. The van der Waals surface area contributed by atoms with Crippen molar-refractivity contribution in [3.8, 4) is 5.75 Å². The van der Waals surface area contributed by atoms with E-state index in [-0.39, 0.29) is 0 Å². The Bertz CT molecular complexity index is 812. The first-order valence-corrected chi connectivity index (χ1v) is 11.2. The van der Waals surface area contributed by atoms with Gasteiger partial charge >= 0.3 is 0 Å². The van der Waals surface area contributed by atoms with E-state index < -0.39 is 0 Å². The highest BCUT2D eigenvalue weighted by molar-refractivity contribution is 7.98. The zero-order valence-electron chi connectivity index (χ0n) is 16.4. The lowest BCUT2D eigenvalue weighted by Crippen LogP contribution is -2.29. The lowest BCUT2D eigenvalue weighted by Gasteiger charge is -2.37. The number of benzene rings is 2. The molecule has 142 valence electrons. The highest BCUT2D eigenvalue weighted by Gasteiger charge is 2.38. The Labute approximate surface area is 167 Å². The van der Waals surface area contributed by atoms with E-state index in [4.69, 9.17) is 4.74 Å². The minimum Gasteiger partial charge on any atom is -0.494 e. The van der Waals surface area contributed by atoms with Gasteiger partial charge in [0.1, 0.15) is 5.75 Å². The van der Waals surface area contributed by atoms with Gasteiger partial charge in [-0.05, 0) is 72.4 Å². The van der Waals surface area contributed by atoms with Crippen molar-refractivity contribution in [3.63, 3.8) is 0 Å². The second-order valence-corrected chi connectivity index (χ2v) is 8.91. The normalized spacial score (nSPS) is 23.0. The molecule has 0 radical (unpaired) electrons. The van der Waals surface area contributed by atoms with Gasteiger partial charge in [-0.1, -0.05) is 38.1 Å². The molecule has 3 unspecified atom stereocenters. The van der Waals surface area contributed by atoms with Gasteiger partial charge in [0, 0.05) is 16.5 Å². The fourth-order valence-electron chi connectivity index (χ4n) is 4.22. The van der Waals surface area contributed by atoms with Crippen LogP contribution in [0.1, 0.15) is 49.8 Å². The Morgan fingerprint density at radius 2 is 1.96 bits per heavy atom. The van der Waals surface area contributed by atoms with E-state index in [0.717, 1.165) is 25.2 Å². The molecule has 3 atom stereocenters. The van der Waals surface area contributed by atoms with Crippen molar-refractivity contribution in [2.75, 3.05) is 18.2 Å². The van der Waals surface area contributed by atoms with Crippen LogP contribution in [-0.2, 0) is 0 Å². The molecular formula is C24H29NOS. The summed E-state index contributed by atoms with van der Waals surface area (Å²) >= 11 is 1.80. The highest BCUT2D eigenvalue weighted by atomic mass is 32.2. The first-order chi connectivity index (χ1) is 13.2. The molecule has 1 aliphatic heterocycles. The standard InChI is InChI=1S/C24H29NOS/c1-16(2)13-14-26-18-9-12-23-22(15-18)20-5-4-6-21(20)24(25-23)17-7-10-19(27-3)11-8-17/h4-5,7-12,15-16,20-21,24-25H,6,13-14H2,1-3H3. The summed E-state index contributed by atoms with van der Waals surface area (Å²) in [6.45, 7) is 5.26. The van der Waals surface area contributed by atoms with Crippen molar-refractivity contribution < 1.29 is 4.74 Å². The van der Waals surface area contributed by atoms with Gasteiger partial charge in [0.2, 0.25) is 0 Å². The number of ether oxygens (including phenoxy) is 1. The Morgan fingerprint density at radius 1 is 1.15 bits per heavy atom. The van der Waals surface area contributed by atoms with E-state index in [2.05, 4.69) is 80.0 Å². The Balaban J connectivity index is 1.58. The van der Waals surface area contributed by atoms with Gasteiger partial charge in [0.05, 0.1) is 12.6 Å². The molecule has 2 aromatic rings. The molecule has 1 heterocycles. The van der Waals surface area contributed by atoms with Crippen molar-refractivity contribution in [1.29, 1.82) is 0 Å². The van der Waals surface area contributed by atoms with Gasteiger partial charge < -0.3 is 10.1 Å². The predicted molar refractivity (Wildman–Crippen MR) is 116 cm³/mol. The minimum atomic E-state index is 0.362. The van der Waals surface area contributed by atoms with Gasteiger partial charge in [-0.2, -0.15) is 0 Å². The van der Waals surface area contributed by atoms with Gasteiger partial charge in [0.25, 0.3) is 0 Å². The van der Waals surface area contributed by atoms with E-state index >= 15 is 0 Å². The molecule has 0 amide bonds. The van der Waals surface area contributed by atoms with Gasteiger partial charge in [-0.25, -0.2) is 0 Å². The molecule has 0 fully saturated rings. The first-order valence-electron chi connectivity index (χ1n) is 9.99. The Kier molecular flexibility index (Phi) is 5.49. The number of allylic oxidation sites excluding steroid dienone is 2. The molecule has 0 saturated carbocycles. The topological polar surface area (TPSA) is 21.3 Å². The van der Waals surface area contributed by atoms with Crippen molar-refractivity contribution in [3.05, 3.63) is 65.7 Å². The SMILES string of the molecule is CSc1ccc(C2Nc3ccc(OCCC(C)C)cc3C3C=CCC32)cc1. The number of hydrogen-bond acceptors (Lipinski definition) is 3. The molecule has 0 saturated heterocycles. The third-order valence-corrected chi connectivity index (χ3v) is 6.52. The molecular weight excluding hydrogens is 350 g/mol. The third-order valence-electron chi connectivity index (χ3n) is 5.77. The Hall–Kier alpha value is -1.87. The van der Waals surface area contributed by atoms with Gasteiger partial charge in [-0.15, -0.1) is 11.8 Å². The van der Waals surface area contributed by atoms with Crippen LogP contribution in [0.3, 0.4) is 0 Å². The van der Waals surface area contributed by atoms with Crippen LogP contribution in [0.25, 0.3) is 0 Å². The van der Waals surface area contributed by atoms with E-state index in [9.17, 15) is 0 Å². The summed E-state index contributed by atoms with van der Waals surface area (Å²) in [5.41, 5.74) is 4.01. The lowest BCUT2D eigenvalue weighted by atomic mass is 9.77. The maximum Gasteiger partial charge on any atom is 0.119 e. The number of thioether (sulfide) groups is 1. The molecule has 2 nitrogen and oxygen atoms in total. The van der Waals surface area contributed by atoms with Crippen LogP contribution in [0, 0.1) is 11.8 Å². The number of anilines is 1. The number of nitrogens with one attached hydrogen (secondary N) is 1. The number of rotatable bonds is 6. The van der Waals surface area contributed by atoms with Crippen LogP contribution in [-0.4, -0.2) is 12.9 Å². The summed E-state index contributed by atoms with van der Waals surface area (Å²) in [5.74, 6) is 2.71. The first kappa shape index (κ1) is 18.5. The molecule has 0 aromatic heterocycles. The lowest BCUT2D eigenvalue weighted by molar-refractivity contribution is 0.289. The van der Waals surface area contributed by atoms with Crippen LogP contribution in [0.15, 0.2) is 59.5 Å². The quantitative estimate of drug-likeness (QED) is 0.448. The van der Waals surface area contributed by atoms with Crippen LogP contribution in [0.4, 0.5) is 5.69 Å². The highest BCUT2D eigenvalue weighted by Crippen LogP contribution is 2.50.